The summed E-state index contributed by atoms with van der Waals surface area (Å²) >= 11 is 5.55. The Morgan fingerprint density at radius 2 is 2.60 bits per heavy atom. The maximum atomic E-state index is 8.18. The fourth-order valence-corrected chi connectivity index (χ4v) is 0.690. The quantitative estimate of drug-likeness (QED) is 0.237. The highest BCUT2D eigenvalue weighted by atomic mass is 35.5. The van der Waals surface area contributed by atoms with Crippen LogP contribution in [0.5, 0.6) is 0 Å². The average molecular weight is 161 g/mol. The molecule has 6 heteroatoms. The van der Waals surface area contributed by atoms with Gasteiger partial charge in [-0.2, -0.15) is 5.10 Å². The summed E-state index contributed by atoms with van der Waals surface area (Å²) in [5.41, 5.74) is 5.43. The molecule has 0 amide bonds. The number of aromatic amines is 1. The Labute approximate surface area is 61.5 Å². The normalized spacial score (nSPS) is 11.9. The number of halogens is 1. The summed E-state index contributed by atoms with van der Waals surface area (Å²) in [5, 5.41) is 17.3. The van der Waals surface area contributed by atoms with E-state index in [9.17, 15) is 0 Å². The number of hydrogen-bond acceptors (Lipinski definition) is 3. The van der Waals surface area contributed by atoms with E-state index in [4.69, 9.17) is 22.5 Å². The molecular formula is C4H5ClN4O. The molecule has 0 aliphatic rings. The summed E-state index contributed by atoms with van der Waals surface area (Å²) in [6.45, 7) is 0. The Morgan fingerprint density at radius 1 is 1.90 bits per heavy atom. The first-order valence-electron chi connectivity index (χ1n) is 2.43. The van der Waals surface area contributed by atoms with Crippen molar-refractivity contribution in [2.75, 3.05) is 0 Å². The standard InChI is InChI=1S/C4H5ClN4O/c5-2-1-7-8-3(2)4(6)9-10/h1,10H,(H2,6,9)(H,7,8). The molecule has 0 atom stereocenters. The van der Waals surface area contributed by atoms with Crippen LogP contribution in [0.3, 0.4) is 0 Å². The van der Waals surface area contributed by atoms with Gasteiger partial charge in [0, 0.05) is 6.20 Å². The van der Waals surface area contributed by atoms with Crippen molar-refractivity contribution in [3.63, 3.8) is 0 Å². The number of oxime groups is 1. The second-order valence-electron chi connectivity index (χ2n) is 1.57. The maximum Gasteiger partial charge on any atom is 0.192 e. The van der Waals surface area contributed by atoms with Crippen LogP contribution in [0.15, 0.2) is 11.4 Å². The van der Waals surface area contributed by atoms with Crippen LogP contribution in [0.4, 0.5) is 0 Å². The first kappa shape index (κ1) is 6.88. The van der Waals surface area contributed by atoms with Crippen molar-refractivity contribution >= 4 is 17.4 Å². The van der Waals surface area contributed by atoms with E-state index in [1.165, 1.54) is 6.20 Å². The minimum absolute atomic E-state index is 0.105. The van der Waals surface area contributed by atoms with Crippen molar-refractivity contribution in [1.82, 2.24) is 10.2 Å². The molecule has 54 valence electrons. The van der Waals surface area contributed by atoms with E-state index < -0.39 is 0 Å². The number of H-pyrrole nitrogens is 1. The van der Waals surface area contributed by atoms with Crippen LogP contribution in [0.1, 0.15) is 5.69 Å². The lowest BCUT2D eigenvalue weighted by Crippen LogP contribution is -2.13. The molecule has 10 heavy (non-hydrogen) atoms. The van der Waals surface area contributed by atoms with Crippen LogP contribution in [-0.4, -0.2) is 21.2 Å². The summed E-state index contributed by atoms with van der Waals surface area (Å²) in [6.07, 6.45) is 1.44. The molecule has 1 aromatic heterocycles. The number of nitrogens with one attached hydrogen (secondary N) is 1. The number of amidine groups is 1. The fraction of sp³-hybridized carbons (Fsp3) is 0. The van der Waals surface area contributed by atoms with Crippen LogP contribution in [-0.2, 0) is 0 Å². The molecule has 0 aromatic carbocycles. The topological polar surface area (TPSA) is 87.3 Å². The predicted molar refractivity (Wildman–Crippen MR) is 36.1 cm³/mol. The highest BCUT2D eigenvalue weighted by Gasteiger charge is 2.06. The van der Waals surface area contributed by atoms with Crippen LogP contribution < -0.4 is 5.73 Å². The lowest BCUT2D eigenvalue weighted by molar-refractivity contribution is 0.318. The summed E-state index contributed by atoms with van der Waals surface area (Å²) < 4.78 is 0. The maximum absolute atomic E-state index is 8.18. The zero-order chi connectivity index (χ0) is 7.56. The molecule has 5 nitrogen and oxygen atoms in total. The molecule has 0 unspecified atom stereocenters. The highest BCUT2D eigenvalue weighted by molar-refractivity contribution is 6.33. The molecule has 0 radical (unpaired) electrons. The van der Waals surface area contributed by atoms with Crippen molar-refractivity contribution in [3.8, 4) is 0 Å². The minimum Gasteiger partial charge on any atom is -0.409 e. The molecule has 1 heterocycles. The van der Waals surface area contributed by atoms with E-state index in [2.05, 4.69) is 15.4 Å². The van der Waals surface area contributed by atoms with Gasteiger partial charge in [-0.05, 0) is 0 Å². The Morgan fingerprint density at radius 3 is 3.00 bits per heavy atom. The average Bonchev–Trinajstić information content (AvgIpc) is 2.34. The van der Waals surface area contributed by atoms with Gasteiger partial charge in [0.05, 0.1) is 5.02 Å². The Balaban J connectivity index is 3.05. The number of hydrogen-bond donors (Lipinski definition) is 3. The van der Waals surface area contributed by atoms with Crippen LogP contribution in [0.25, 0.3) is 0 Å². The third-order valence-corrected chi connectivity index (χ3v) is 1.23. The Kier molecular flexibility index (Phi) is 1.77. The van der Waals surface area contributed by atoms with Crippen molar-refractivity contribution < 1.29 is 5.21 Å². The van der Waals surface area contributed by atoms with Gasteiger partial charge in [0.1, 0.15) is 5.69 Å². The van der Waals surface area contributed by atoms with E-state index in [1.807, 2.05) is 0 Å². The van der Waals surface area contributed by atoms with Crippen LogP contribution >= 0.6 is 11.6 Å². The minimum atomic E-state index is -0.105. The van der Waals surface area contributed by atoms with Crippen molar-refractivity contribution in [1.29, 1.82) is 0 Å². The third kappa shape index (κ3) is 1.03. The monoisotopic (exact) mass is 160 g/mol. The van der Waals surface area contributed by atoms with Gasteiger partial charge in [-0.1, -0.05) is 16.8 Å². The predicted octanol–water partition coefficient (Wildman–Crippen LogP) is 0.158. The number of rotatable bonds is 1. The SMILES string of the molecule is N/C(=N\O)c1n[nH]cc1Cl. The van der Waals surface area contributed by atoms with Gasteiger partial charge in [-0.3, -0.25) is 5.10 Å². The fourth-order valence-electron chi connectivity index (χ4n) is 0.502. The molecule has 1 aromatic rings. The zero-order valence-electron chi connectivity index (χ0n) is 4.87. The van der Waals surface area contributed by atoms with E-state index in [1.54, 1.807) is 0 Å². The molecular weight excluding hydrogens is 156 g/mol. The van der Waals surface area contributed by atoms with Gasteiger partial charge in [0.2, 0.25) is 0 Å². The largest absolute Gasteiger partial charge is 0.409 e. The second-order valence-corrected chi connectivity index (χ2v) is 1.97. The van der Waals surface area contributed by atoms with Crippen LogP contribution in [0, 0.1) is 0 Å². The molecule has 0 fully saturated rings. The second kappa shape index (κ2) is 2.57. The lowest BCUT2D eigenvalue weighted by Gasteiger charge is -1.89. The summed E-state index contributed by atoms with van der Waals surface area (Å²) in [4.78, 5) is 0. The zero-order valence-corrected chi connectivity index (χ0v) is 5.63. The number of nitrogens with zero attached hydrogens (tertiary/aromatic N) is 2. The van der Waals surface area contributed by atoms with Crippen molar-refractivity contribution in [2.24, 2.45) is 10.9 Å². The van der Waals surface area contributed by atoms with Gasteiger partial charge < -0.3 is 10.9 Å². The summed E-state index contributed by atoms with van der Waals surface area (Å²) in [5.74, 6) is -0.105. The summed E-state index contributed by atoms with van der Waals surface area (Å²) in [6, 6.07) is 0. The van der Waals surface area contributed by atoms with Gasteiger partial charge in [-0.15, -0.1) is 0 Å². The number of aromatic nitrogens is 2. The van der Waals surface area contributed by atoms with Crippen LogP contribution in [0.2, 0.25) is 5.02 Å². The molecule has 4 N–H and O–H groups in total. The molecule has 0 spiro atoms. The van der Waals surface area contributed by atoms with E-state index in [0.717, 1.165) is 0 Å². The van der Waals surface area contributed by atoms with E-state index >= 15 is 0 Å². The van der Waals surface area contributed by atoms with Gasteiger partial charge in [-0.25, -0.2) is 0 Å². The lowest BCUT2D eigenvalue weighted by atomic mass is 10.4. The van der Waals surface area contributed by atoms with Gasteiger partial charge in [0.25, 0.3) is 0 Å². The van der Waals surface area contributed by atoms with Crippen molar-refractivity contribution in [2.45, 2.75) is 0 Å². The number of nitrogens with two attached hydrogens (primary N) is 1. The van der Waals surface area contributed by atoms with Gasteiger partial charge >= 0.3 is 0 Å². The van der Waals surface area contributed by atoms with Gasteiger partial charge in [0.15, 0.2) is 5.84 Å². The third-order valence-electron chi connectivity index (χ3n) is 0.944. The molecule has 0 aliphatic heterocycles. The molecule has 0 saturated heterocycles. The Hall–Kier alpha value is -1.23. The molecule has 1 rings (SSSR count). The van der Waals surface area contributed by atoms with E-state index in [0.29, 0.717) is 5.02 Å². The highest BCUT2D eigenvalue weighted by Crippen LogP contribution is 2.09. The first-order valence-corrected chi connectivity index (χ1v) is 2.80. The molecule has 0 saturated carbocycles. The Bertz CT molecular complexity index is 256. The van der Waals surface area contributed by atoms with E-state index in [-0.39, 0.29) is 11.5 Å². The van der Waals surface area contributed by atoms with Crippen molar-refractivity contribution in [3.05, 3.63) is 16.9 Å². The molecule has 0 aliphatic carbocycles. The summed E-state index contributed by atoms with van der Waals surface area (Å²) in [7, 11) is 0. The first-order chi connectivity index (χ1) is 4.75. The smallest absolute Gasteiger partial charge is 0.192 e. The molecule has 0 bridgehead atoms.